The predicted molar refractivity (Wildman–Crippen MR) is 76.5 cm³/mol. The van der Waals surface area contributed by atoms with Gasteiger partial charge >= 0.3 is 5.82 Å². The zero-order valence-electron chi connectivity index (χ0n) is 11.7. The van der Waals surface area contributed by atoms with E-state index in [2.05, 4.69) is 10.1 Å². The van der Waals surface area contributed by atoms with Crippen LogP contribution in [0.1, 0.15) is 5.76 Å². The summed E-state index contributed by atoms with van der Waals surface area (Å²) in [5.74, 6) is 1.14. The molecule has 3 rings (SSSR count). The zero-order chi connectivity index (χ0) is 15.5. The van der Waals surface area contributed by atoms with Crippen LogP contribution >= 0.6 is 0 Å². The molecule has 8 heteroatoms. The van der Waals surface area contributed by atoms with Crippen LogP contribution in [0.3, 0.4) is 0 Å². The molecule has 1 aromatic carbocycles. The summed E-state index contributed by atoms with van der Waals surface area (Å²) in [5, 5.41) is 14.6. The maximum atomic E-state index is 10.6. The lowest BCUT2D eigenvalue weighted by atomic mass is 10.1. The normalized spacial score (nSPS) is 10.6. The molecular formula is C14H12N4O4. The van der Waals surface area contributed by atoms with Gasteiger partial charge in [-0.3, -0.25) is 0 Å². The molecule has 0 aliphatic rings. The van der Waals surface area contributed by atoms with Crippen molar-refractivity contribution in [3.63, 3.8) is 0 Å². The highest BCUT2D eigenvalue weighted by Crippen LogP contribution is 2.22. The number of benzene rings is 1. The smallest absolute Gasteiger partial charge is 0.381 e. The molecule has 0 unspecified atom stereocenters. The highest BCUT2D eigenvalue weighted by molar-refractivity contribution is 5.59. The number of nitro groups is 1. The van der Waals surface area contributed by atoms with E-state index in [1.807, 2.05) is 24.3 Å². The SMILES string of the molecule is COc1ccc(-c2cc(Cn3cnc([N+](=O)[O-])c3)on2)cc1. The number of ether oxygens (including phenoxy) is 1. The van der Waals surface area contributed by atoms with Gasteiger partial charge in [0.1, 0.15) is 17.6 Å². The Labute approximate surface area is 125 Å². The van der Waals surface area contributed by atoms with Crippen LogP contribution in [-0.2, 0) is 6.54 Å². The Morgan fingerprint density at radius 2 is 2.14 bits per heavy atom. The Kier molecular flexibility index (Phi) is 3.57. The predicted octanol–water partition coefficient (Wildman–Crippen LogP) is 2.50. The first-order valence-corrected chi connectivity index (χ1v) is 6.42. The van der Waals surface area contributed by atoms with Crippen molar-refractivity contribution >= 4 is 5.82 Å². The highest BCUT2D eigenvalue weighted by Gasteiger charge is 2.12. The second-order valence-corrected chi connectivity index (χ2v) is 4.57. The second kappa shape index (κ2) is 5.68. The maximum Gasteiger partial charge on any atom is 0.381 e. The van der Waals surface area contributed by atoms with E-state index in [9.17, 15) is 10.1 Å². The Morgan fingerprint density at radius 1 is 1.36 bits per heavy atom. The first kappa shape index (κ1) is 13.8. The van der Waals surface area contributed by atoms with Gasteiger partial charge in [0.05, 0.1) is 13.7 Å². The van der Waals surface area contributed by atoms with Gasteiger partial charge in [0.25, 0.3) is 0 Å². The lowest BCUT2D eigenvalue weighted by Gasteiger charge is -1.99. The average Bonchev–Trinajstić information content (AvgIpc) is 3.17. The number of rotatable bonds is 5. The summed E-state index contributed by atoms with van der Waals surface area (Å²) in [6.45, 7) is 0.323. The molecule has 0 spiro atoms. The van der Waals surface area contributed by atoms with Gasteiger partial charge in [0, 0.05) is 11.6 Å². The van der Waals surface area contributed by atoms with Crippen LogP contribution in [0.4, 0.5) is 5.82 Å². The molecule has 2 aromatic heterocycles. The van der Waals surface area contributed by atoms with Gasteiger partial charge in [-0.2, -0.15) is 0 Å². The van der Waals surface area contributed by atoms with Crippen molar-refractivity contribution in [1.29, 1.82) is 0 Å². The van der Waals surface area contributed by atoms with Crippen LogP contribution < -0.4 is 4.74 Å². The van der Waals surface area contributed by atoms with E-state index in [-0.39, 0.29) is 5.82 Å². The molecule has 0 atom stereocenters. The molecule has 22 heavy (non-hydrogen) atoms. The van der Waals surface area contributed by atoms with Crippen molar-refractivity contribution in [3.05, 3.63) is 58.7 Å². The average molecular weight is 300 g/mol. The molecule has 3 aromatic rings. The van der Waals surface area contributed by atoms with Crippen molar-refractivity contribution in [3.8, 4) is 17.0 Å². The van der Waals surface area contributed by atoms with Crippen LogP contribution in [0.25, 0.3) is 11.3 Å². The molecule has 0 bridgehead atoms. The number of hydrogen-bond acceptors (Lipinski definition) is 6. The van der Waals surface area contributed by atoms with Crippen molar-refractivity contribution in [2.45, 2.75) is 6.54 Å². The topological polar surface area (TPSA) is 96.2 Å². The minimum absolute atomic E-state index is 0.199. The number of aromatic nitrogens is 3. The van der Waals surface area contributed by atoms with Gasteiger partial charge in [0.15, 0.2) is 5.76 Å². The monoisotopic (exact) mass is 300 g/mol. The summed E-state index contributed by atoms with van der Waals surface area (Å²) in [7, 11) is 1.60. The molecule has 0 aliphatic heterocycles. The van der Waals surface area contributed by atoms with E-state index in [4.69, 9.17) is 9.26 Å². The molecule has 112 valence electrons. The minimum atomic E-state index is -0.542. The third kappa shape index (κ3) is 2.80. The Morgan fingerprint density at radius 3 is 2.77 bits per heavy atom. The van der Waals surface area contributed by atoms with Gasteiger partial charge in [-0.15, -0.1) is 0 Å². The summed E-state index contributed by atoms with van der Waals surface area (Å²) >= 11 is 0. The first-order valence-electron chi connectivity index (χ1n) is 6.42. The fourth-order valence-electron chi connectivity index (χ4n) is 1.99. The molecule has 0 fully saturated rings. The van der Waals surface area contributed by atoms with Crippen molar-refractivity contribution in [1.82, 2.24) is 14.7 Å². The van der Waals surface area contributed by atoms with Gasteiger partial charge in [-0.1, -0.05) is 5.16 Å². The summed E-state index contributed by atoms with van der Waals surface area (Å²) < 4.78 is 11.9. The number of methoxy groups -OCH3 is 1. The number of nitrogens with zero attached hydrogens (tertiary/aromatic N) is 4. The van der Waals surface area contributed by atoms with Gasteiger partial charge in [0.2, 0.25) is 6.33 Å². The van der Waals surface area contributed by atoms with Crippen LogP contribution in [0.15, 0.2) is 47.4 Å². The molecule has 0 amide bonds. The van der Waals surface area contributed by atoms with Crippen LogP contribution in [0.5, 0.6) is 5.75 Å². The van der Waals surface area contributed by atoms with E-state index >= 15 is 0 Å². The van der Waals surface area contributed by atoms with E-state index in [0.29, 0.717) is 18.0 Å². The van der Waals surface area contributed by atoms with Crippen LogP contribution in [-0.4, -0.2) is 26.7 Å². The molecule has 2 heterocycles. The standard InChI is InChI=1S/C14H12N4O4/c1-21-11-4-2-10(3-5-11)13-6-12(22-16-13)7-17-8-14(15-9-17)18(19)20/h2-6,8-9H,7H2,1H3. The fraction of sp³-hybridized carbons (Fsp3) is 0.143. The third-order valence-corrected chi connectivity index (χ3v) is 3.09. The zero-order valence-corrected chi connectivity index (χ0v) is 11.7. The molecule has 0 saturated carbocycles. The lowest BCUT2D eigenvalue weighted by Crippen LogP contribution is -1.94. The van der Waals surface area contributed by atoms with Crippen molar-refractivity contribution < 1.29 is 14.2 Å². The van der Waals surface area contributed by atoms with Gasteiger partial charge in [-0.25, -0.2) is 0 Å². The summed E-state index contributed by atoms with van der Waals surface area (Å²) in [5.41, 5.74) is 1.58. The fourth-order valence-corrected chi connectivity index (χ4v) is 1.99. The number of hydrogen-bond donors (Lipinski definition) is 0. The van der Waals surface area contributed by atoms with Crippen molar-refractivity contribution in [2.24, 2.45) is 0 Å². The largest absolute Gasteiger partial charge is 0.497 e. The second-order valence-electron chi connectivity index (χ2n) is 4.57. The number of imidazole rings is 1. The molecule has 8 nitrogen and oxygen atoms in total. The summed E-state index contributed by atoms with van der Waals surface area (Å²) in [6.07, 6.45) is 2.73. The van der Waals surface area contributed by atoms with Gasteiger partial charge in [-0.05, 0) is 34.2 Å². The van der Waals surface area contributed by atoms with Crippen LogP contribution in [0, 0.1) is 10.1 Å². The Hall–Kier alpha value is -3.16. The molecule has 0 N–H and O–H groups in total. The molecular weight excluding hydrogens is 288 g/mol. The molecule has 0 radical (unpaired) electrons. The van der Waals surface area contributed by atoms with Gasteiger partial charge < -0.3 is 23.9 Å². The first-order chi connectivity index (χ1) is 10.7. The third-order valence-electron chi connectivity index (χ3n) is 3.09. The maximum absolute atomic E-state index is 10.6. The van der Waals surface area contributed by atoms with E-state index in [0.717, 1.165) is 11.3 Å². The summed E-state index contributed by atoms with van der Waals surface area (Å²) in [4.78, 5) is 13.7. The van der Waals surface area contributed by atoms with Crippen LogP contribution in [0.2, 0.25) is 0 Å². The minimum Gasteiger partial charge on any atom is -0.497 e. The van der Waals surface area contributed by atoms with E-state index in [1.54, 1.807) is 17.7 Å². The highest BCUT2D eigenvalue weighted by atomic mass is 16.6. The summed E-state index contributed by atoms with van der Waals surface area (Å²) in [6, 6.07) is 9.21. The lowest BCUT2D eigenvalue weighted by molar-refractivity contribution is -0.389. The van der Waals surface area contributed by atoms with E-state index in [1.165, 1.54) is 12.5 Å². The quantitative estimate of drug-likeness (QED) is 0.530. The molecule has 0 aliphatic carbocycles. The molecule has 0 saturated heterocycles. The Balaban J connectivity index is 1.76. The van der Waals surface area contributed by atoms with Crippen molar-refractivity contribution in [2.75, 3.05) is 7.11 Å². The Bertz CT molecular complexity index is 791. The van der Waals surface area contributed by atoms with E-state index < -0.39 is 4.92 Å².